The Balaban J connectivity index is 2.33. The summed E-state index contributed by atoms with van der Waals surface area (Å²) >= 11 is 1.62. The number of rotatable bonds is 2. The van der Waals surface area contributed by atoms with Crippen LogP contribution in [-0.4, -0.2) is 10.1 Å². The number of hydrogen-bond acceptors (Lipinski definition) is 2. The third-order valence-corrected chi connectivity index (χ3v) is 3.01. The second-order valence-electron chi connectivity index (χ2n) is 3.06. The van der Waals surface area contributed by atoms with Crippen LogP contribution in [0.2, 0.25) is 0 Å². The van der Waals surface area contributed by atoms with Crippen molar-refractivity contribution in [2.75, 3.05) is 0 Å². The second-order valence-corrected chi connectivity index (χ2v) is 3.80. The summed E-state index contributed by atoms with van der Waals surface area (Å²) in [5.41, 5.74) is 3.07. The molecule has 3 heteroatoms. The van der Waals surface area contributed by atoms with Gasteiger partial charge in [-0.3, -0.25) is 0 Å². The van der Waals surface area contributed by atoms with E-state index in [1.807, 2.05) is 36.1 Å². The summed E-state index contributed by atoms with van der Waals surface area (Å²) in [5, 5.41) is 14.0. The van der Waals surface area contributed by atoms with Crippen molar-refractivity contribution in [2.24, 2.45) is 0 Å². The molecular weight excluding hydrogens is 182 g/mol. The third-order valence-electron chi connectivity index (χ3n) is 2.13. The SMILES string of the molecule is Cc1cscc1C(O)c1cc[nH]c1. The average molecular weight is 193 g/mol. The Hall–Kier alpha value is -1.06. The first-order chi connectivity index (χ1) is 6.29. The van der Waals surface area contributed by atoms with Gasteiger partial charge in [-0.15, -0.1) is 0 Å². The van der Waals surface area contributed by atoms with E-state index in [0.717, 1.165) is 16.7 Å². The molecule has 2 nitrogen and oxygen atoms in total. The van der Waals surface area contributed by atoms with E-state index < -0.39 is 6.10 Å². The van der Waals surface area contributed by atoms with Crippen molar-refractivity contribution in [3.8, 4) is 0 Å². The lowest BCUT2D eigenvalue weighted by atomic mass is 10.0. The normalized spacial score (nSPS) is 13.1. The highest BCUT2D eigenvalue weighted by Gasteiger charge is 2.13. The van der Waals surface area contributed by atoms with E-state index in [0.29, 0.717) is 0 Å². The summed E-state index contributed by atoms with van der Waals surface area (Å²) in [4.78, 5) is 2.94. The van der Waals surface area contributed by atoms with Gasteiger partial charge < -0.3 is 10.1 Å². The van der Waals surface area contributed by atoms with E-state index >= 15 is 0 Å². The van der Waals surface area contributed by atoms with E-state index in [-0.39, 0.29) is 0 Å². The van der Waals surface area contributed by atoms with Gasteiger partial charge in [0.2, 0.25) is 0 Å². The van der Waals surface area contributed by atoms with Crippen LogP contribution >= 0.6 is 11.3 Å². The van der Waals surface area contributed by atoms with Gasteiger partial charge in [0, 0.05) is 18.0 Å². The smallest absolute Gasteiger partial charge is 0.107 e. The molecule has 0 bridgehead atoms. The maximum Gasteiger partial charge on any atom is 0.107 e. The molecule has 0 amide bonds. The molecule has 0 radical (unpaired) electrons. The standard InChI is InChI=1S/C10H11NOS/c1-7-5-13-6-9(7)10(12)8-2-3-11-4-8/h2-6,10-12H,1H3. The lowest BCUT2D eigenvalue weighted by Gasteiger charge is -2.07. The molecule has 1 unspecified atom stereocenters. The Morgan fingerprint density at radius 3 is 2.85 bits per heavy atom. The Kier molecular flexibility index (Phi) is 2.20. The molecule has 0 saturated heterocycles. The van der Waals surface area contributed by atoms with Gasteiger partial charge in [-0.2, -0.15) is 11.3 Å². The van der Waals surface area contributed by atoms with E-state index in [1.54, 1.807) is 11.3 Å². The lowest BCUT2D eigenvalue weighted by molar-refractivity contribution is 0.220. The fourth-order valence-electron chi connectivity index (χ4n) is 1.34. The molecule has 0 saturated carbocycles. The molecule has 0 aromatic carbocycles. The molecule has 0 fully saturated rings. The minimum absolute atomic E-state index is 0.488. The number of H-pyrrole nitrogens is 1. The van der Waals surface area contributed by atoms with E-state index in [2.05, 4.69) is 4.98 Å². The maximum absolute atomic E-state index is 9.94. The van der Waals surface area contributed by atoms with E-state index in [1.165, 1.54) is 0 Å². The van der Waals surface area contributed by atoms with Crippen LogP contribution in [0.5, 0.6) is 0 Å². The molecular formula is C10H11NOS. The largest absolute Gasteiger partial charge is 0.384 e. The topological polar surface area (TPSA) is 36.0 Å². The van der Waals surface area contributed by atoms with Crippen LogP contribution in [0.1, 0.15) is 22.8 Å². The molecule has 2 heterocycles. The zero-order valence-corrected chi connectivity index (χ0v) is 8.14. The van der Waals surface area contributed by atoms with E-state index in [4.69, 9.17) is 0 Å². The predicted octanol–water partition coefficient (Wildman–Crippen LogP) is 2.47. The molecule has 13 heavy (non-hydrogen) atoms. The molecule has 0 aliphatic heterocycles. The predicted molar refractivity (Wildman–Crippen MR) is 53.9 cm³/mol. The summed E-state index contributed by atoms with van der Waals surface area (Å²) in [6, 6.07) is 1.89. The maximum atomic E-state index is 9.94. The van der Waals surface area contributed by atoms with Gasteiger partial charge in [-0.05, 0) is 34.9 Å². The van der Waals surface area contributed by atoms with Gasteiger partial charge in [0.05, 0.1) is 0 Å². The Bertz CT molecular complexity index is 377. The van der Waals surface area contributed by atoms with Crippen molar-refractivity contribution in [3.05, 3.63) is 45.9 Å². The summed E-state index contributed by atoms with van der Waals surface area (Å²) < 4.78 is 0. The van der Waals surface area contributed by atoms with Crippen LogP contribution in [0.4, 0.5) is 0 Å². The van der Waals surface area contributed by atoms with Crippen molar-refractivity contribution in [3.63, 3.8) is 0 Å². The van der Waals surface area contributed by atoms with Gasteiger partial charge in [-0.25, -0.2) is 0 Å². The third kappa shape index (κ3) is 1.53. The molecule has 2 rings (SSSR count). The van der Waals surface area contributed by atoms with Crippen molar-refractivity contribution in [1.82, 2.24) is 4.98 Å². The Morgan fingerprint density at radius 1 is 1.46 bits per heavy atom. The summed E-state index contributed by atoms with van der Waals surface area (Å²) in [6.45, 7) is 2.02. The zero-order valence-electron chi connectivity index (χ0n) is 7.32. The highest BCUT2D eigenvalue weighted by molar-refractivity contribution is 7.08. The van der Waals surface area contributed by atoms with Crippen LogP contribution in [0.3, 0.4) is 0 Å². The number of aromatic amines is 1. The molecule has 1 atom stereocenters. The molecule has 0 aliphatic rings. The van der Waals surface area contributed by atoms with Crippen LogP contribution in [0, 0.1) is 6.92 Å². The quantitative estimate of drug-likeness (QED) is 0.755. The molecule has 0 aliphatic carbocycles. The molecule has 2 aromatic rings. The molecule has 2 aromatic heterocycles. The summed E-state index contributed by atoms with van der Waals surface area (Å²) in [5.74, 6) is 0. The zero-order chi connectivity index (χ0) is 9.26. The van der Waals surface area contributed by atoms with Gasteiger partial charge in [0.1, 0.15) is 6.10 Å². The molecule has 0 spiro atoms. The average Bonchev–Trinajstić information content (AvgIpc) is 2.72. The van der Waals surface area contributed by atoms with Crippen LogP contribution in [-0.2, 0) is 0 Å². The number of thiophene rings is 1. The van der Waals surface area contributed by atoms with Crippen molar-refractivity contribution in [2.45, 2.75) is 13.0 Å². The highest BCUT2D eigenvalue weighted by atomic mass is 32.1. The number of aliphatic hydroxyl groups is 1. The minimum Gasteiger partial charge on any atom is -0.384 e. The first-order valence-corrected chi connectivity index (χ1v) is 5.07. The first-order valence-electron chi connectivity index (χ1n) is 4.12. The Labute approximate surface area is 80.9 Å². The number of aliphatic hydroxyl groups excluding tert-OH is 1. The van der Waals surface area contributed by atoms with Crippen LogP contribution in [0.25, 0.3) is 0 Å². The van der Waals surface area contributed by atoms with Crippen molar-refractivity contribution in [1.29, 1.82) is 0 Å². The van der Waals surface area contributed by atoms with Gasteiger partial charge >= 0.3 is 0 Å². The Morgan fingerprint density at radius 2 is 2.31 bits per heavy atom. The number of nitrogens with one attached hydrogen (secondary N) is 1. The lowest BCUT2D eigenvalue weighted by Crippen LogP contribution is -1.97. The number of aryl methyl sites for hydroxylation is 1. The molecule has 68 valence electrons. The summed E-state index contributed by atoms with van der Waals surface area (Å²) in [6.07, 6.45) is 3.15. The monoisotopic (exact) mass is 193 g/mol. The molecule has 2 N–H and O–H groups in total. The second kappa shape index (κ2) is 3.36. The van der Waals surface area contributed by atoms with Crippen LogP contribution in [0.15, 0.2) is 29.2 Å². The van der Waals surface area contributed by atoms with Crippen molar-refractivity contribution >= 4 is 11.3 Å². The number of hydrogen-bond donors (Lipinski definition) is 2. The summed E-state index contributed by atoms with van der Waals surface area (Å²) in [7, 11) is 0. The number of aromatic nitrogens is 1. The fraction of sp³-hybridized carbons (Fsp3) is 0.200. The highest BCUT2D eigenvalue weighted by Crippen LogP contribution is 2.26. The van der Waals surface area contributed by atoms with Gasteiger partial charge in [-0.1, -0.05) is 0 Å². The van der Waals surface area contributed by atoms with Crippen molar-refractivity contribution < 1.29 is 5.11 Å². The fourth-order valence-corrected chi connectivity index (χ4v) is 2.21. The van der Waals surface area contributed by atoms with E-state index in [9.17, 15) is 5.11 Å². The van der Waals surface area contributed by atoms with Gasteiger partial charge in [0.25, 0.3) is 0 Å². The van der Waals surface area contributed by atoms with Crippen LogP contribution < -0.4 is 0 Å². The first kappa shape index (κ1) is 8.53. The minimum atomic E-state index is -0.488. The van der Waals surface area contributed by atoms with Gasteiger partial charge in [0.15, 0.2) is 0 Å².